The molecule has 0 aliphatic rings. The molecule has 0 amide bonds. The van der Waals surface area contributed by atoms with E-state index in [0.29, 0.717) is 25.7 Å². The van der Waals surface area contributed by atoms with Crippen LogP contribution in [0.4, 0.5) is 0 Å². The van der Waals surface area contributed by atoms with Crippen LogP contribution in [0.1, 0.15) is 446 Å². The van der Waals surface area contributed by atoms with E-state index in [4.69, 9.17) is 37.0 Å². The molecular formula is C84H164O17P2. The van der Waals surface area contributed by atoms with Crippen LogP contribution in [0.3, 0.4) is 0 Å². The Morgan fingerprint density at radius 3 is 0.738 bits per heavy atom. The first kappa shape index (κ1) is 101. The van der Waals surface area contributed by atoms with Crippen LogP contribution in [0.2, 0.25) is 0 Å². The fraction of sp³-hybridized carbons (Fsp3) is 0.952. The molecule has 19 heteroatoms. The summed E-state index contributed by atoms with van der Waals surface area (Å²) in [6, 6.07) is 0. The third kappa shape index (κ3) is 76.6. The Hall–Kier alpha value is -1.94. The molecule has 17 nitrogen and oxygen atoms in total. The van der Waals surface area contributed by atoms with E-state index in [2.05, 4.69) is 41.5 Å². The summed E-state index contributed by atoms with van der Waals surface area (Å²) in [6.45, 7) is 9.62. The average molecular weight is 1510 g/mol. The van der Waals surface area contributed by atoms with Gasteiger partial charge in [0.2, 0.25) is 0 Å². The fourth-order valence-electron chi connectivity index (χ4n) is 13.0. The van der Waals surface area contributed by atoms with Crippen molar-refractivity contribution in [2.45, 2.75) is 464 Å². The minimum Gasteiger partial charge on any atom is -0.462 e. The molecule has 103 heavy (non-hydrogen) atoms. The van der Waals surface area contributed by atoms with Crippen molar-refractivity contribution in [3.05, 3.63) is 0 Å². The smallest absolute Gasteiger partial charge is 0.462 e. The number of hydrogen-bond acceptors (Lipinski definition) is 15. The molecule has 612 valence electrons. The third-order valence-corrected chi connectivity index (χ3v) is 22.0. The van der Waals surface area contributed by atoms with Crippen LogP contribution in [0.25, 0.3) is 0 Å². The van der Waals surface area contributed by atoms with Gasteiger partial charge in [-0.3, -0.25) is 37.3 Å². The first-order valence-corrected chi connectivity index (χ1v) is 46.5. The largest absolute Gasteiger partial charge is 0.472 e. The van der Waals surface area contributed by atoms with Crippen LogP contribution in [0, 0.1) is 11.8 Å². The van der Waals surface area contributed by atoms with Crippen LogP contribution >= 0.6 is 15.6 Å². The van der Waals surface area contributed by atoms with E-state index < -0.39 is 97.5 Å². The summed E-state index contributed by atoms with van der Waals surface area (Å²) < 4.78 is 68.8. The van der Waals surface area contributed by atoms with Crippen LogP contribution in [0.15, 0.2) is 0 Å². The van der Waals surface area contributed by atoms with Gasteiger partial charge in [-0.15, -0.1) is 0 Å². The topological polar surface area (TPSA) is 237 Å². The Bertz CT molecular complexity index is 1980. The summed E-state index contributed by atoms with van der Waals surface area (Å²) in [5.74, 6) is -0.599. The molecule has 0 fully saturated rings. The maximum absolute atomic E-state index is 13.1. The zero-order valence-corrected chi connectivity index (χ0v) is 69.4. The first-order chi connectivity index (χ1) is 49.9. The highest BCUT2D eigenvalue weighted by molar-refractivity contribution is 7.47. The summed E-state index contributed by atoms with van der Waals surface area (Å²) in [4.78, 5) is 73.1. The molecule has 3 N–H and O–H groups in total. The molecule has 0 aliphatic carbocycles. The summed E-state index contributed by atoms with van der Waals surface area (Å²) in [7, 11) is -9.92. The summed E-state index contributed by atoms with van der Waals surface area (Å²) >= 11 is 0. The highest BCUT2D eigenvalue weighted by Crippen LogP contribution is 2.45. The van der Waals surface area contributed by atoms with Crippen LogP contribution in [0.5, 0.6) is 0 Å². The molecule has 3 unspecified atom stereocenters. The van der Waals surface area contributed by atoms with Gasteiger partial charge < -0.3 is 33.8 Å². The maximum atomic E-state index is 13.1. The molecule has 0 heterocycles. The zero-order chi connectivity index (χ0) is 75.6. The molecule has 0 aromatic rings. The quantitative estimate of drug-likeness (QED) is 0.0222. The maximum Gasteiger partial charge on any atom is 0.472 e. The molecule has 0 rings (SSSR count). The van der Waals surface area contributed by atoms with Gasteiger partial charge in [-0.25, -0.2) is 9.13 Å². The van der Waals surface area contributed by atoms with Crippen LogP contribution in [-0.4, -0.2) is 96.7 Å². The van der Waals surface area contributed by atoms with Gasteiger partial charge in [-0.1, -0.05) is 395 Å². The Kier molecular flexibility index (Phi) is 74.1. The predicted octanol–water partition coefficient (Wildman–Crippen LogP) is 25.5. The summed E-state index contributed by atoms with van der Waals surface area (Å²) in [5, 5.41) is 10.7. The molecule has 0 spiro atoms. The monoisotopic (exact) mass is 1510 g/mol. The number of ether oxygens (including phenoxy) is 4. The molecule has 0 saturated carbocycles. The van der Waals surface area contributed by atoms with E-state index in [1.54, 1.807) is 0 Å². The van der Waals surface area contributed by atoms with Crippen molar-refractivity contribution >= 4 is 39.5 Å². The number of phosphoric acid groups is 2. The number of carbonyl (C=O) groups excluding carboxylic acids is 4. The Balaban J connectivity index is 5.22. The standard InChI is InChI=1S/C84H164O17P2/c1-7-10-12-14-16-18-20-22-24-26-27-28-29-30-31-33-35-40-44-48-56-62-68-83(88)100-79(72-94-81(86)66-60-54-47-43-39-34-32-25-23-21-19-17-15-13-11-8-2)74-98-102(90,91)96-70-78(85)71-97-103(92,93)99-75-80(73-95-82(87)67-61-55-51-50-53-59-65-77(6)9-3)101-84(89)69-63-57-49-45-41-37-36-38-42-46-52-58-64-76(4)5/h76-80,85H,7-75H2,1-6H3,(H,90,91)(H,92,93)/t77?,78-,79-,80-/m1/s1. The Labute approximate surface area is 632 Å². The molecule has 0 aliphatic heterocycles. The van der Waals surface area contributed by atoms with Gasteiger partial charge in [0.1, 0.15) is 19.3 Å². The number of carbonyl (C=O) groups is 4. The predicted molar refractivity (Wildman–Crippen MR) is 423 cm³/mol. The van der Waals surface area contributed by atoms with Gasteiger partial charge in [-0.05, 0) is 37.5 Å². The molecule has 0 saturated heterocycles. The lowest BCUT2D eigenvalue weighted by atomic mass is 10.00. The SMILES string of the molecule is CCCCCCCCCCCCCCCCCCCCCCCCC(=O)O[C@H](COC(=O)CCCCCCCCCCCCCCCCCC)COP(=O)(O)OC[C@@H](O)COP(=O)(O)OC[C@@H](COC(=O)CCCCCCCCC(C)CC)OC(=O)CCCCCCCCCCCCCCC(C)C. The normalized spacial score (nSPS) is 14.1. The number of phosphoric ester groups is 2. The van der Waals surface area contributed by atoms with Gasteiger partial charge >= 0.3 is 39.5 Å². The van der Waals surface area contributed by atoms with Crippen molar-refractivity contribution in [3.63, 3.8) is 0 Å². The lowest BCUT2D eigenvalue weighted by Crippen LogP contribution is -2.30. The highest BCUT2D eigenvalue weighted by atomic mass is 31.2. The summed E-state index contributed by atoms with van der Waals surface area (Å²) in [5.41, 5.74) is 0. The average Bonchev–Trinajstić information content (AvgIpc) is 0.922. The number of aliphatic hydroxyl groups is 1. The number of aliphatic hydroxyl groups excluding tert-OH is 1. The van der Waals surface area contributed by atoms with Crippen molar-refractivity contribution in [1.82, 2.24) is 0 Å². The van der Waals surface area contributed by atoms with Crippen molar-refractivity contribution in [2.24, 2.45) is 11.8 Å². The number of esters is 4. The minimum atomic E-state index is -4.96. The van der Waals surface area contributed by atoms with E-state index in [0.717, 1.165) is 108 Å². The molecule has 0 radical (unpaired) electrons. The third-order valence-electron chi connectivity index (χ3n) is 20.1. The lowest BCUT2D eigenvalue weighted by Gasteiger charge is -2.21. The van der Waals surface area contributed by atoms with Crippen molar-refractivity contribution < 1.29 is 80.2 Å². The second-order valence-electron chi connectivity index (χ2n) is 30.9. The van der Waals surface area contributed by atoms with E-state index in [-0.39, 0.29) is 25.7 Å². The van der Waals surface area contributed by atoms with Crippen molar-refractivity contribution in [1.29, 1.82) is 0 Å². The molecule has 6 atom stereocenters. The Morgan fingerprint density at radius 2 is 0.495 bits per heavy atom. The van der Waals surface area contributed by atoms with E-state index >= 15 is 0 Å². The minimum absolute atomic E-state index is 0.106. The van der Waals surface area contributed by atoms with Crippen molar-refractivity contribution in [3.8, 4) is 0 Å². The van der Waals surface area contributed by atoms with Crippen LogP contribution < -0.4 is 0 Å². The molecule has 0 bridgehead atoms. The lowest BCUT2D eigenvalue weighted by molar-refractivity contribution is -0.161. The highest BCUT2D eigenvalue weighted by Gasteiger charge is 2.30. The van der Waals surface area contributed by atoms with Gasteiger partial charge in [0, 0.05) is 25.7 Å². The Morgan fingerprint density at radius 1 is 0.282 bits per heavy atom. The molecular weight excluding hydrogens is 1340 g/mol. The molecule has 0 aromatic heterocycles. The van der Waals surface area contributed by atoms with Crippen LogP contribution in [-0.2, 0) is 65.4 Å². The number of unbranched alkanes of at least 4 members (excludes halogenated alkanes) is 52. The van der Waals surface area contributed by atoms with Gasteiger partial charge in [0.05, 0.1) is 26.4 Å². The second kappa shape index (κ2) is 75.5. The van der Waals surface area contributed by atoms with Crippen molar-refractivity contribution in [2.75, 3.05) is 39.6 Å². The summed E-state index contributed by atoms with van der Waals surface area (Å²) in [6.07, 6.45) is 66.8. The second-order valence-corrected chi connectivity index (χ2v) is 33.8. The number of rotatable bonds is 83. The molecule has 0 aromatic carbocycles. The fourth-order valence-corrected chi connectivity index (χ4v) is 14.6. The van der Waals surface area contributed by atoms with Gasteiger partial charge in [0.25, 0.3) is 0 Å². The van der Waals surface area contributed by atoms with Gasteiger partial charge in [0.15, 0.2) is 12.2 Å². The van der Waals surface area contributed by atoms with E-state index in [1.807, 2.05) is 0 Å². The first-order valence-electron chi connectivity index (χ1n) is 43.5. The van der Waals surface area contributed by atoms with E-state index in [9.17, 15) is 43.2 Å². The van der Waals surface area contributed by atoms with E-state index in [1.165, 1.54) is 257 Å². The zero-order valence-electron chi connectivity index (χ0n) is 67.6. The van der Waals surface area contributed by atoms with Gasteiger partial charge in [-0.2, -0.15) is 0 Å². The number of hydrogen-bond donors (Lipinski definition) is 3.